The Labute approximate surface area is 93.4 Å². The maximum absolute atomic E-state index is 5.32. The Morgan fingerprint density at radius 2 is 2.25 bits per heavy atom. The highest BCUT2D eigenvalue weighted by Gasteiger charge is 2.01. The molecule has 5 nitrogen and oxygen atoms in total. The number of pyridine rings is 1. The molecule has 5 heteroatoms. The van der Waals surface area contributed by atoms with E-state index in [1.165, 1.54) is 0 Å². The molecule has 0 saturated heterocycles. The third-order valence-electron chi connectivity index (χ3n) is 2.30. The highest BCUT2D eigenvalue weighted by atomic mass is 15.3. The number of anilines is 1. The fourth-order valence-electron chi connectivity index (χ4n) is 1.51. The van der Waals surface area contributed by atoms with Crippen molar-refractivity contribution in [2.24, 2.45) is 10.8 Å². The van der Waals surface area contributed by atoms with Crippen LogP contribution in [0.4, 0.5) is 5.69 Å². The van der Waals surface area contributed by atoms with Crippen LogP contribution in [0.25, 0.3) is 10.8 Å². The van der Waals surface area contributed by atoms with Crippen LogP contribution in [0.3, 0.4) is 0 Å². The van der Waals surface area contributed by atoms with E-state index in [4.69, 9.17) is 5.84 Å². The molecule has 0 aliphatic heterocycles. The lowest BCUT2D eigenvalue weighted by Gasteiger charge is -2.10. The number of aliphatic imine (C=N–C) groups is 1. The van der Waals surface area contributed by atoms with Gasteiger partial charge < -0.3 is 5.32 Å². The molecule has 1 aromatic carbocycles. The van der Waals surface area contributed by atoms with Gasteiger partial charge in [0, 0.05) is 24.8 Å². The first-order valence-corrected chi connectivity index (χ1v) is 4.88. The molecule has 0 aliphatic rings. The third kappa shape index (κ3) is 1.94. The number of hydrazine groups is 1. The number of nitrogens with two attached hydrogens (primary N) is 1. The number of nitrogens with zero attached hydrogens (tertiary/aromatic N) is 2. The molecular formula is C11H13N5. The number of hydrogen-bond donors (Lipinski definition) is 3. The standard InChI is InChI=1S/C11H13N5/c1-13-11(16-12)15-10-4-2-3-8-5-6-14-7-9(8)10/h2-7H,12H2,1H3,(H2,13,15,16). The van der Waals surface area contributed by atoms with Crippen molar-refractivity contribution in [1.82, 2.24) is 10.4 Å². The predicted molar refractivity (Wildman–Crippen MR) is 66.0 cm³/mol. The van der Waals surface area contributed by atoms with E-state index in [1.54, 1.807) is 13.2 Å². The van der Waals surface area contributed by atoms with E-state index in [-0.39, 0.29) is 0 Å². The first kappa shape index (κ1) is 10.4. The Morgan fingerprint density at radius 1 is 1.38 bits per heavy atom. The molecule has 0 fully saturated rings. The van der Waals surface area contributed by atoms with Gasteiger partial charge in [0.1, 0.15) is 0 Å². The second kappa shape index (κ2) is 4.59. The van der Waals surface area contributed by atoms with Crippen LogP contribution in [-0.2, 0) is 0 Å². The Kier molecular flexibility index (Phi) is 2.98. The quantitative estimate of drug-likeness (QED) is 0.288. The lowest BCUT2D eigenvalue weighted by Crippen LogP contribution is -2.36. The maximum atomic E-state index is 5.32. The minimum Gasteiger partial charge on any atom is -0.325 e. The van der Waals surface area contributed by atoms with Crippen LogP contribution in [0.2, 0.25) is 0 Å². The van der Waals surface area contributed by atoms with Crippen LogP contribution in [0.1, 0.15) is 0 Å². The molecular weight excluding hydrogens is 202 g/mol. The van der Waals surface area contributed by atoms with Crippen molar-refractivity contribution in [1.29, 1.82) is 0 Å². The molecule has 0 spiro atoms. The summed E-state index contributed by atoms with van der Waals surface area (Å²) in [6.07, 6.45) is 3.57. The second-order valence-corrected chi connectivity index (χ2v) is 3.24. The summed E-state index contributed by atoms with van der Waals surface area (Å²) in [6, 6.07) is 7.90. The summed E-state index contributed by atoms with van der Waals surface area (Å²) < 4.78 is 0. The zero-order valence-corrected chi connectivity index (χ0v) is 8.94. The predicted octanol–water partition coefficient (Wildman–Crippen LogP) is 1.10. The molecule has 2 rings (SSSR count). The van der Waals surface area contributed by atoms with E-state index in [0.717, 1.165) is 16.5 Å². The van der Waals surface area contributed by atoms with Gasteiger partial charge in [0.15, 0.2) is 0 Å². The highest BCUT2D eigenvalue weighted by Crippen LogP contribution is 2.21. The molecule has 0 unspecified atom stereocenters. The van der Waals surface area contributed by atoms with Gasteiger partial charge >= 0.3 is 0 Å². The third-order valence-corrected chi connectivity index (χ3v) is 2.30. The average Bonchev–Trinajstić information content (AvgIpc) is 2.36. The molecule has 1 aromatic heterocycles. The molecule has 82 valence electrons. The fourth-order valence-corrected chi connectivity index (χ4v) is 1.51. The van der Waals surface area contributed by atoms with E-state index >= 15 is 0 Å². The summed E-state index contributed by atoms with van der Waals surface area (Å²) in [5.74, 6) is 5.83. The van der Waals surface area contributed by atoms with E-state index in [0.29, 0.717) is 5.96 Å². The lowest BCUT2D eigenvalue weighted by molar-refractivity contribution is 1.01. The Balaban J connectivity index is 2.44. The van der Waals surface area contributed by atoms with Crippen LogP contribution < -0.4 is 16.6 Å². The summed E-state index contributed by atoms with van der Waals surface area (Å²) in [6.45, 7) is 0. The Morgan fingerprint density at radius 3 is 3.00 bits per heavy atom. The van der Waals surface area contributed by atoms with Crippen LogP contribution in [-0.4, -0.2) is 18.0 Å². The van der Waals surface area contributed by atoms with E-state index in [1.807, 2.05) is 30.5 Å². The SMILES string of the molecule is CN=C(NN)Nc1cccc2ccncc12. The van der Waals surface area contributed by atoms with Gasteiger partial charge in [-0.3, -0.25) is 15.4 Å². The van der Waals surface area contributed by atoms with Crippen LogP contribution in [0.5, 0.6) is 0 Å². The zero-order valence-electron chi connectivity index (χ0n) is 8.94. The van der Waals surface area contributed by atoms with Gasteiger partial charge in [-0.2, -0.15) is 0 Å². The summed E-state index contributed by atoms with van der Waals surface area (Å²) in [7, 11) is 1.66. The van der Waals surface area contributed by atoms with Crippen LogP contribution in [0, 0.1) is 0 Å². The lowest BCUT2D eigenvalue weighted by atomic mass is 10.1. The summed E-state index contributed by atoms with van der Waals surface area (Å²) in [4.78, 5) is 8.06. The number of benzene rings is 1. The van der Waals surface area contributed by atoms with E-state index in [9.17, 15) is 0 Å². The van der Waals surface area contributed by atoms with Crippen molar-refractivity contribution in [2.75, 3.05) is 12.4 Å². The molecule has 0 aliphatic carbocycles. The normalized spacial score (nSPS) is 11.5. The molecule has 16 heavy (non-hydrogen) atoms. The van der Waals surface area contributed by atoms with Gasteiger partial charge in [-0.1, -0.05) is 12.1 Å². The molecule has 1 heterocycles. The molecule has 2 aromatic rings. The smallest absolute Gasteiger partial charge is 0.209 e. The van der Waals surface area contributed by atoms with Crippen molar-refractivity contribution in [3.8, 4) is 0 Å². The van der Waals surface area contributed by atoms with Gasteiger partial charge in [0.05, 0.1) is 5.69 Å². The summed E-state index contributed by atoms with van der Waals surface area (Å²) in [5.41, 5.74) is 3.40. The molecule has 0 radical (unpaired) electrons. The van der Waals surface area contributed by atoms with Crippen molar-refractivity contribution in [3.05, 3.63) is 36.7 Å². The van der Waals surface area contributed by atoms with E-state index < -0.39 is 0 Å². The van der Waals surface area contributed by atoms with Crippen molar-refractivity contribution < 1.29 is 0 Å². The van der Waals surface area contributed by atoms with Crippen molar-refractivity contribution >= 4 is 22.4 Å². The van der Waals surface area contributed by atoms with Gasteiger partial charge in [-0.15, -0.1) is 0 Å². The van der Waals surface area contributed by atoms with Gasteiger partial charge in [0.25, 0.3) is 0 Å². The fraction of sp³-hybridized carbons (Fsp3) is 0.0909. The number of guanidine groups is 1. The molecule has 0 atom stereocenters. The highest BCUT2D eigenvalue weighted by molar-refractivity contribution is 6.02. The minimum atomic E-state index is 0.511. The van der Waals surface area contributed by atoms with Crippen LogP contribution in [0.15, 0.2) is 41.7 Å². The molecule has 0 saturated carbocycles. The van der Waals surface area contributed by atoms with E-state index in [2.05, 4.69) is 20.7 Å². The summed E-state index contributed by atoms with van der Waals surface area (Å²) >= 11 is 0. The van der Waals surface area contributed by atoms with Gasteiger partial charge in [-0.05, 0) is 17.5 Å². The first-order valence-electron chi connectivity index (χ1n) is 4.88. The first-order chi connectivity index (χ1) is 7.85. The Bertz CT molecular complexity index is 515. The molecule has 0 amide bonds. The van der Waals surface area contributed by atoms with Crippen molar-refractivity contribution in [3.63, 3.8) is 0 Å². The molecule has 0 bridgehead atoms. The maximum Gasteiger partial charge on any atom is 0.209 e. The summed E-state index contributed by atoms with van der Waals surface area (Å²) in [5, 5.41) is 5.24. The number of aromatic nitrogens is 1. The monoisotopic (exact) mass is 215 g/mol. The second-order valence-electron chi connectivity index (χ2n) is 3.24. The number of rotatable bonds is 1. The number of fused-ring (bicyclic) bond motifs is 1. The number of hydrogen-bond acceptors (Lipinski definition) is 3. The van der Waals surface area contributed by atoms with Gasteiger partial charge in [-0.25, -0.2) is 5.84 Å². The minimum absolute atomic E-state index is 0.511. The average molecular weight is 215 g/mol. The largest absolute Gasteiger partial charge is 0.325 e. The zero-order chi connectivity index (χ0) is 11.4. The molecule has 4 N–H and O–H groups in total. The van der Waals surface area contributed by atoms with Crippen LogP contribution >= 0.6 is 0 Å². The number of nitrogens with one attached hydrogen (secondary N) is 2. The van der Waals surface area contributed by atoms with Gasteiger partial charge in [0.2, 0.25) is 5.96 Å². The topological polar surface area (TPSA) is 75.3 Å². The Hall–Kier alpha value is -2.14. The van der Waals surface area contributed by atoms with Crippen molar-refractivity contribution in [2.45, 2.75) is 0 Å².